The zero-order valence-corrected chi connectivity index (χ0v) is 20.0. The van der Waals surface area contributed by atoms with E-state index in [0.717, 1.165) is 34.4 Å². The van der Waals surface area contributed by atoms with Crippen LogP contribution in [0.4, 0.5) is 4.39 Å². The van der Waals surface area contributed by atoms with Crippen molar-refractivity contribution in [2.24, 2.45) is 10.1 Å². The Kier molecular flexibility index (Phi) is 5.32. The first-order valence-corrected chi connectivity index (χ1v) is 11.6. The molecular weight excluding hydrogens is 449 g/mol. The van der Waals surface area contributed by atoms with Gasteiger partial charge in [-0.2, -0.15) is 15.1 Å². The molecule has 3 heterocycles. The summed E-state index contributed by atoms with van der Waals surface area (Å²) < 4.78 is 16.4. The highest BCUT2D eigenvalue weighted by Crippen LogP contribution is 2.32. The Bertz CT molecular complexity index is 1460. The third-order valence-electron chi connectivity index (χ3n) is 5.79. The van der Waals surface area contributed by atoms with E-state index in [2.05, 4.69) is 46.7 Å². The maximum Gasteiger partial charge on any atom is 0.283 e. The summed E-state index contributed by atoms with van der Waals surface area (Å²) in [6, 6.07) is 14.6. The molecule has 1 N–H and O–H groups in total. The molecule has 8 heteroatoms. The number of carbonyl (C=O) groups excluding carboxylic acids is 1. The van der Waals surface area contributed by atoms with Crippen LogP contribution in [0.25, 0.3) is 11.8 Å². The van der Waals surface area contributed by atoms with Crippen molar-refractivity contribution in [3.8, 4) is 5.69 Å². The van der Waals surface area contributed by atoms with E-state index in [1.165, 1.54) is 22.2 Å². The van der Waals surface area contributed by atoms with Crippen LogP contribution in [0.1, 0.15) is 33.6 Å². The second-order valence-corrected chi connectivity index (χ2v) is 9.37. The summed E-state index contributed by atoms with van der Waals surface area (Å²) in [4.78, 5) is 17.0. The van der Waals surface area contributed by atoms with Crippen LogP contribution in [-0.4, -0.2) is 31.5 Å². The predicted molar refractivity (Wildman–Crippen MR) is 135 cm³/mol. The molecule has 2 aliphatic heterocycles. The van der Waals surface area contributed by atoms with Crippen LogP contribution in [0.15, 0.2) is 64.2 Å². The van der Waals surface area contributed by atoms with Gasteiger partial charge >= 0.3 is 0 Å². The number of aliphatic imine (C=N–C) groups is 1. The van der Waals surface area contributed by atoms with Crippen molar-refractivity contribution in [3.05, 3.63) is 93.6 Å². The number of carbonyl (C=O) groups is 1. The number of aryl methyl sites for hydroxylation is 3. The molecular formula is C26H22FN5OS. The molecule has 1 amide bonds. The van der Waals surface area contributed by atoms with E-state index in [1.807, 2.05) is 19.9 Å². The first-order chi connectivity index (χ1) is 16.2. The summed E-state index contributed by atoms with van der Waals surface area (Å²) in [6.07, 6.45) is 1.69. The number of fused-ring (bicyclic) bond motifs is 1. The van der Waals surface area contributed by atoms with Gasteiger partial charge in [0.2, 0.25) is 5.17 Å². The van der Waals surface area contributed by atoms with Gasteiger partial charge < -0.3 is 4.57 Å². The molecule has 0 atom stereocenters. The summed E-state index contributed by atoms with van der Waals surface area (Å²) >= 11 is 1.08. The van der Waals surface area contributed by atoms with Crippen molar-refractivity contribution >= 4 is 39.8 Å². The second kappa shape index (κ2) is 8.22. The lowest BCUT2D eigenvalue weighted by molar-refractivity contribution is -0.114. The summed E-state index contributed by atoms with van der Waals surface area (Å²) in [5, 5.41) is 14.9. The van der Waals surface area contributed by atoms with E-state index >= 15 is 0 Å². The average molecular weight is 472 g/mol. The zero-order valence-electron chi connectivity index (χ0n) is 19.2. The van der Waals surface area contributed by atoms with Gasteiger partial charge in [-0.15, -0.1) is 0 Å². The third-order valence-corrected chi connectivity index (χ3v) is 6.74. The first-order valence-electron chi connectivity index (χ1n) is 10.8. The quantitative estimate of drug-likeness (QED) is 0.512. The number of amidine groups is 2. The SMILES string of the molecule is Cc1cc(C)cc(-n2c(C)cc(/C=C3/C(=N)N4N=C(c5ccccc5F)SC4=NC3=O)c2C)c1. The number of nitrogens with zero attached hydrogens (tertiary/aromatic N) is 4. The molecule has 0 bridgehead atoms. The molecule has 0 fully saturated rings. The van der Waals surface area contributed by atoms with Crippen molar-refractivity contribution in [3.63, 3.8) is 0 Å². The zero-order chi connectivity index (χ0) is 24.1. The van der Waals surface area contributed by atoms with E-state index in [0.29, 0.717) is 10.6 Å². The number of halogens is 1. The first kappa shape index (κ1) is 22.0. The van der Waals surface area contributed by atoms with Crippen LogP contribution in [-0.2, 0) is 4.79 Å². The maximum absolute atomic E-state index is 14.2. The second-order valence-electron chi connectivity index (χ2n) is 8.41. The monoisotopic (exact) mass is 471 g/mol. The topological polar surface area (TPSA) is 73.8 Å². The molecule has 34 heavy (non-hydrogen) atoms. The van der Waals surface area contributed by atoms with E-state index in [-0.39, 0.29) is 16.6 Å². The standard InChI is InChI=1S/C26H22FN5OS/c1-14-9-15(2)11-19(10-14)31-16(3)12-18(17(31)4)13-21-23(28)32-26(29-24(21)33)34-25(30-32)20-7-5-6-8-22(20)27/h5-13,28H,1-4H3/b21-13-,28-23?. The van der Waals surface area contributed by atoms with Gasteiger partial charge in [0.25, 0.3) is 5.91 Å². The summed E-state index contributed by atoms with van der Waals surface area (Å²) in [6.45, 7) is 8.13. The molecule has 1 aromatic heterocycles. The molecule has 0 saturated heterocycles. The number of thioether (sulfide) groups is 1. The highest BCUT2D eigenvalue weighted by Gasteiger charge is 2.36. The number of hydrogen-bond acceptors (Lipinski definition) is 4. The Hall–Kier alpha value is -3.78. The Morgan fingerprint density at radius 1 is 1.03 bits per heavy atom. The fourth-order valence-electron chi connectivity index (χ4n) is 4.30. The number of nitrogens with one attached hydrogen (secondary N) is 1. The molecule has 0 radical (unpaired) electrons. The van der Waals surface area contributed by atoms with Gasteiger partial charge in [-0.1, -0.05) is 18.2 Å². The third kappa shape index (κ3) is 3.70. The lowest BCUT2D eigenvalue weighted by Crippen LogP contribution is -2.35. The molecule has 5 rings (SSSR count). The van der Waals surface area contributed by atoms with Gasteiger partial charge in [0.15, 0.2) is 5.84 Å². The fourth-order valence-corrected chi connectivity index (χ4v) is 5.22. The van der Waals surface area contributed by atoms with Crippen molar-refractivity contribution in [2.75, 3.05) is 0 Å². The van der Waals surface area contributed by atoms with Crippen molar-refractivity contribution in [2.45, 2.75) is 27.7 Å². The van der Waals surface area contributed by atoms with Gasteiger partial charge in [0.05, 0.1) is 5.57 Å². The van der Waals surface area contributed by atoms with Crippen LogP contribution >= 0.6 is 11.8 Å². The minimum Gasteiger partial charge on any atom is -0.318 e. The molecule has 170 valence electrons. The highest BCUT2D eigenvalue weighted by atomic mass is 32.2. The molecule has 3 aromatic rings. The average Bonchev–Trinajstić information content (AvgIpc) is 3.31. The molecule has 2 aliphatic rings. The molecule has 0 saturated carbocycles. The normalized spacial score (nSPS) is 16.7. The smallest absolute Gasteiger partial charge is 0.283 e. The Morgan fingerprint density at radius 3 is 2.44 bits per heavy atom. The molecule has 0 aliphatic carbocycles. The largest absolute Gasteiger partial charge is 0.318 e. The summed E-state index contributed by atoms with van der Waals surface area (Å²) in [7, 11) is 0. The predicted octanol–water partition coefficient (Wildman–Crippen LogP) is 5.52. The number of hydrazone groups is 1. The van der Waals surface area contributed by atoms with Crippen LogP contribution in [0.5, 0.6) is 0 Å². The highest BCUT2D eigenvalue weighted by molar-refractivity contribution is 8.27. The van der Waals surface area contributed by atoms with Gasteiger partial charge in [0.1, 0.15) is 10.9 Å². The maximum atomic E-state index is 14.2. The lowest BCUT2D eigenvalue weighted by Gasteiger charge is -2.20. The number of amides is 1. The van der Waals surface area contributed by atoms with E-state index in [1.54, 1.807) is 24.3 Å². The van der Waals surface area contributed by atoms with E-state index < -0.39 is 11.7 Å². The van der Waals surface area contributed by atoms with Crippen LogP contribution in [0, 0.1) is 38.9 Å². The van der Waals surface area contributed by atoms with E-state index in [4.69, 9.17) is 5.41 Å². The van der Waals surface area contributed by atoms with Crippen LogP contribution < -0.4 is 0 Å². The van der Waals surface area contributed by atoms with Gasteiger partial charge in [0, 0.05) is 22.6 Å². The van der Waals surface area contributed by atoms with Gasteiger partial charge in [-0.05, 0) is 92.6 Å². The Morgan fingerprint density at radius 2 is 1.74 bits per heavy atom. The number of aromatic nitrogens is 1. The Balaban J connectivity index is 1.53. The Labute approximate surface area is 201 Å². The van der Waals surface area contributed by atoms with Crippen molar-refractivity contribution < 1.29 is 9.18 Å². The summed E-state index contributed by atoms with van der Waals surface area (Å²) in [5.41, 5.74) is 6.65. The lowest BCUT2D eigenvalue weighted by atomic mass is 10.1. The molecule has 0 spiro atoms. The van der Waals surface area contributed by atoms with Crippen molar-refractivity contribution in [1.82, 2.24) is 9.58 Å². The molecule has 2 aromatic carbocycles. The summed E-state index contributed by atoms with van der Waals surface area (Å²) in [5.74, 6) is -1.00. The minimum atomic E-state index is -0.509. The number of benzene rings is 2. The van der Waals surface area contributed by atoms with Crippen LogP contribution in [0.3, 0.4) is 0 Å². The number of hydrogen-bond donors (Lipinski definition) is 1. The van der Waals surface area contributed by atoms with Gasteiger partial charge in [-0.3, -0.25) is 10.2 Å². The van der Waals surface area contributed by atoms with Crippen LogP contribution in [0.2, 0.25) is 0 Å². The van der Waals surface area contributed by atoms with E-state index in [9.17, 15) is 9.18 Å². The van der Waals surface area contributed by atoms with Crippen molar-refractivity contribution in [1.29, 1.82) is 5.41 Å². The molecule has 6 nitrogen and oxygen atoms in total. The van der Waals surface area contributed by atoms with Gasteiger partial charge in [-0.25, -0.2) is 4.39 Å². The number of rotatable bonds is 3. The molecule has 0 unspecified atom stereocenters. The minimum absolute atomic E-state index is 0.0787. The fraction of sp³-hybridized carbons (Fsp3) is 0.154.